The highest BCUT2D eigenvalue weighted by Crippen LogP contribution is 2.28. The second kappa shape index (κ2) is 7.20. The van der Waals surface area contributed by atoms with E-state index in [4.69, 9.17) is 0 Å². The van der Waals surface area contributed by atoms with Crippen molar-refractivity contribution in [3.05, 3.63) is 59.9 Å². The maximum Gasteiger partial charge on any atom is 0.261 e. The Labute approximate surface area is 167 Å². The highest BCUT2D eigenvalue weighted by molar-refractivity contribution is 7.17. The fourth-order valence-electron chi connectivity index (χ4n) is 2.90. The van der Waals surface area contributed by atoms with Gasteiger partial charge in [0.25, 0.3) is 5.91 Å². The molecule has 0 saturated heterocycles. The Morgan fingerprint density at radius 1 is 1.18 bits per heavy atom. The molecule has 1 N–H and O–H groups in total. The van der Waals surface area contributed by atoms with E-state index in [-0.39, 0.29) is 11.3 Å². The number of carbonyl (C=O) groups excluding carboxylic acids is 1. The number of amides is 1. The van der Waals surface area contributed by atoms with Crippen molar-refractivity contribution in [2.45, 2.75) is 33.9 Å². The van der Waals surface area contributed by atoms with Gasteiger partial charge < -0.3 is 9.72 Å². The summed E-state index contributed by atoms with van der Waals surface area (Å²) in [4.78, 5) is 22.7. The molecule has 4 aromatic heterocycles. The number of thiophene rings is 1. The van der Waals surface area contributed by atoms with Gasteiger partial charge in [-0.25, -0.2) is 4.98 Å². The Bertz CT molecular complexity index is 1120. The van der Waals surface area contributed by atoms with Crippen LogP contribution in [0.1, 0.15) is 36.1 Å². The van der Waals surface area contributed by atoms with Gasteiger partial charge >= 0.3 is 0 Å². The number of rotatable bonds is 5. The van der Waals surface area contributed by atoms with Gasteiger partial charge in [0.15, 0.2) is 5.65 Å². The van der Waals surface area contributed by atoms with Crippen LogP contribution in [-0.4, -0.2) is 30.1 Å². The molecular weight excluding hydrogens is 372 g/mol. The predicted octanol–water partition coefficient (Wildman–Crippen LogP) is 3.63. The first-order valence-electron chi connectivity index (χ1n) is 9.06. The number of nitrogens with zero attached hydrogens (tertiary/aromatic N) is 5. The van der Waals surface area contributed by atoms with E-state index < -0.39 is 0 Å². The van der Waals surface area contributed by atoms with Crippen LogP contribution in [0, 0.1) is 5.41 Å². The second-order valence-corrected chi connectivity index (χ2v) is 8.99. The van der Waals surface area contributed by atoms with Crippen LogP contribution in [0.15, 0.2) is 49.3 Å². The molecule has 1 amide bonds. The average molecular weight is 395 g/mol. The average Bonchev–Trinajstić information content (AvgIpc) is 3.37. The molecule has 144 valence electrons. The first-order chi connectivity index (χ1) is 13.4. The van der Waals surface area contributed by atoms with Crippen molar-refractivity contribution >= 4 is 22.9 Å². The largest absolute Gasteiger partial charge is 0.346 e. The lowest BCUT2D eigenvalue weighted by Crippen LogP contribution is -2.22. The summed E-state index contributed by atoms with van der Waals surface area (Å²) >= 11 is 1.46. The molecule has 0 spiro atoms. The molecule has 0 radical (unpaired) electrons. The molecule has 0 bridgehead atoms. The lowest BCUT2D eigenvalue weighted by Gasteiger charge is -2.17. The van der Waals surface area contributed by atoms with E-state index >= 15 is 0 Å². The summed E-state index contributed by atoms with van der Waals surface area (Å²) in [5.74, 6) is -0.106. The van der Waals surface area contributed by atoms with Gasteiger partial charge in [-0.1, -0.05) is 20.8 Å². The molecule has 0 saturated carbocycles. The number of aromatic nitrogens is 5. The lowest BCUT2D eigenvalue weighted by molar-refractivity contribution is 0.0954. The summed E-state index contributed by atoms with van der Waals surface area (Å²) in [5, 5.41) is 7.36. The smallest absolute Gasteiger partial charge is 0.261 e. The Balaban J connectivity index is 1.41. The molecule has 4 heterocycles. The van der Waals surface area contributed by atoms with Crippen LogP contribution in [0.25, 0.3) is 16.1 Å². The van der Waals surface area contributed by atoms with E-state index in [1.54, 1.807) is 12.4 Å². The van der Waals surface area contributed by atoms with Crippen LogP contribution in [0.3, 0.4) is 0 Å². The summed E-state index contributed by atoms with van der Waals surface area (Å²) in [7, 11) is 0. The zero-order valence-corrected chi connectivity index (χ0v) is 16.9. The van der Waals surface area contributed by atoms with Crippen molar-refractivity contribution in [2.24, 2.45) is 5.41 Å². The van der Waals surface area contributed by atoms with Crippen LogP contribution in [-0.2, 0) is 13.1 Å². The topological polar surface area (TPSA) is 77.1 Å². The van der Waals surface area contributed by atoms with Crippen LogP contribution in [0.4, 0.5) is 0 Å². The predicted molar refractivity (Wildman–Crippen MR) is 109 cm³/mol. The summed E-state index contributed by atoms with van der Waals surface area (Å²) in [6.45, 7) is 7.76. The van der Waals surface area contributed by atoms with E-state index in [2.05, 4.69) is 41.2 Å². The molecule has 8 heteroatoms. The maximum atomic E-state index is 12.5. The first-order valence-corrected chi connectivity index (χ1v) is 9.87. The normalized spacial score (nSPS) is 11.8. The van der Waals surface area contributed by atoms with E-state index in [0.717, 1.165) is 28.3 Å². The summed E-state index contributed by atoms with van der Waals surface area (Å²) < 4.78 is 3.83. The number of fused-ring (bicyclic) bond motifs is 1. The number of carbonyl (C=O) groups is 1. The van der Waals surface area contributed by atoms with Crippen molar-refractivity contribution in [2.75, 3.05) is 0 Å². The van der Waals surface area contributed by atoms with Gasteiger partial charge in [-0.15, -0.1) is 11.3 Å². The van der Waals surface area contributed by atoms with Crippen LogP contribution < -0.4 is 5.32 Å². The SMILES string of the molecule is CC(C)(C)Cn1cc(-c2ccc(C(=O)NCc3cn4ccnc4cn3)s2)cn1. The molecule has 28 heavy (non-hydrogen) atoms. The number of hydrogen-bond acceptors (Lipinski definition) is 5. The van der Waals surface area contributed by atoms with Gasteiger partial charge in [0.1, 0.15) is 0 Å². The van der Waals surface area contributed by atoms with E-state index in [1.807, 2.05) is 46.0 Å². The Morgan fingerprint density at radius 3 is 2.86 bits per heavy atom. The summed E-state index contributed by atoms with van der Waals surface area (Å²) in [5.41, 5.74) is 2.75. The van der Waals surface area contributed by atoms with Crippen molar-refractivity contribution in [3.8, 4) is 10.4 Å². The Morgan fingerprint density at radius 2 is 2.04 bits per heavy atom. The lowest BCUT2D eigenvalue weighted by atomic mass is 9.97. The van der Waals surface area contributed by atoms with E-state index in [1.165, 1.54) is 11.3 Å². The van der Waals surface area contributed by atoms with E-state index in [0.29, 0.717) is 11.4 Å². The van der Waals surface area contributed by atoms with Crippen molar-refractivity contribution in [3.63, 3.8) is 0 Å². The molecule has 4 rings (SSSR count). The maximum absolute atomic E-state index is 12.5. The molecule has 4 aromatic rings. The summed E-state index contributed by atoms with van der Waals surface area (Å²) in [6, 6.07) is 3.82. The molecule has 0 fully saturated rings. The molecule has 7 nitrogen and oxygen atoms in total. The minimum absolute atomic E-state index is 0.106. The minimum atomic E-state index is -0.106. The molecule has 0 aliphatic rings. The quantitative estimate of drug-likeness (QED) is 0.561. The Hall–Kier alpha value is -3.00. The van der Waals surface area contributed by atoms with Gasteiger partial charge in [0.05, 0.1) is 29.5 Å². The number of hydrogen-bond donors (Lipinski definition) is 1. The molecular formula is C20H22N6OS. The van der Waals surface area contributed by atoms with Gasteiger partial charge in [0.2, 0.25) is 0 Å². The zero-order chi connectivity index (χ0) is 19.7. The van der Waals surface area contributed by atoms with Gasteiger partial charge in [0, 0.05) is 41.8 Å². The minimum Gasteiger partial charge on any atom is -0.346 e. The fourth-order valence-corrected chi connectivity index (χ4v) is 3.79. The highest BCUT2D eigenvalue weighted by atomic mass is 32.1. The fraction of sp³-hybridized carbons (Fsp3) is 0.300. The van der Waals surface area contributed by atoms with Crippen LogP contribution in [0.5, 0.6) is 0 Å². The van der Waals surface area contributed by atoms with Crippen molar-refractivity contribution in [1.29, 1.82) is 0 Å². The van der Waals surface area contributed by atoms with Gasteiger partial charge in [-0.2, -0.15) is 5.10 Å². The Kier molecular flexibility index (Phi) is 4.72. The molecule has 0 atom stereocenters. The third kappa shape index (κ3) is 4.12. The zero-order valence-electron chi connectivity index (χ0n) is 16.1. The number of imidazole rings is 1. The molecule has 0 aliphatic heterocycles. The monoisotopic (exact) mass is 394 g/mol. The highest BCUT2D eigenvalue weighted by Gasteiger charge is 2.14. The molecule has 0 aromatic carbocycles. The van der Waals surface area contributed by atoms with Crippen LogP contribution >= 0.6 is 11.3 Å². The van der Waals surface area contributed by atoms with Crippen LogP contribution in [0.2, 0.25) is 0 Å². The standard InChI is InChI=1S/C20H22N6OS/c1-20(2,3)13-26-11-14(8-24-26)16-4-5-17(28-16)19(27)23-9-15-12-25-7-6-21-18(25)10-22-15/h4-8,10-12H,9,13H2,1-3H3,(H,23,27). The second-order valence-electron chi connectivity index (χ2n) is 7.91. The van der Waals surface area contributed by atoms with Crippen molar-refractivity contribution in [1.82, 2.24) is 29.5 Å². The number of nitrogens with one attached hydrogen (secondary N) is 1. The van der Waals surface area contributed by atoms with E-state index in [9.17, 15) is 4.79 Å². The van der Waals surface area contributed by atoms with Gasteiger partial charge in [-0.3, -0.25) is 14.5 Å². The van der Waals surface area contributed by atoms with Crippen molar-refractivity contribution < 1.29 is 4.79 Å². The molecule has 0 aliphatic carbocycles. The third-order valence-electron chi connectivity index (χ3n) is 4.15. The summed E-state index contributed by atoms with van der Waals surface area (Å²) in [6.07, 6.45) is 11.0. The molecule has 0 unspecified atom stereocenters. The first kappa shape index (κ1) is 18.4. The third-order valence-corrected chi connectivity index (χ3v) is 5.28. The van der Waals surface area contributed by atoms with Gasteiger partial charge in [-0.05, 0) is 17.5 Å².